The van der Waals surface area contributed by atoms with Gasteiger partial charge in [-0.05, 0) is 36.6 Å². The third kappa shape index (κ3) is 2.25. The van der Waals surface area contributed by atoms with Gasteiger partial charge in [-0.2, -0.15) is 0 Å². The lowest BCUT2D eigenvalue weighted by Crippen LogP contribution is -2.39. The van der Waals surface area contributed by atoms with E-state index in [0.717, 1.165) is 16.5 Å². The molecule has 5 heteroatoms. The van der Waals surface area contributed by atoms with Crippen LogP contribution in [0.4, 0.5) is 5.69 Å². The van der Waals surface area contributed by atoms with E-state index in [1.54, 1.807) is 18.4 Å². The number of benzene rings is 2. The number of nitrogens with zero attached hydrogens (tertiary/aromatic N) is 1. The Bertz CT molecular complexity index is 926. The fourth-order valence-corrected chi connectivity index (χ4v) is 3.18. The number of hydrogen-bond donors (Lipinski definition) is 1. The van der Waals surface area contributed by atoms with E-state index in [1.165, 1.54) is 4.90 Å². The monoisotopic (exact) mass is 320 g/mol. The molecule has 0 fully saturated rings. The van der Waals surface area contributed by atoms with Crippen LogP contribution in [0.1, 0.15) is 29.1 Å². The van der Waals surface area contributed by atoms with Gasteiger partial charge in [0.1, 0.15) is 12.3 Å². The van der Waals surface area contributed by atoms with Crippen LogP contribution in [0, 0.1) is 0 Å². The molecule has 1 aliphatic heterocycles. The minimum Gasteiger partial charge on any atom is -0.467 e. The van der Waals surface area contributed by atoms with Gasteiger partial charge in [0, 0.05) is 10.9 Å². The van der Waals surface area contributed by atoms with Crippen molar-refractivity contribution in [1.82, 2.24) is 5.32 Å². The zero-order valence-electron chi connectivity index (χ0n) is 13.2. The SMILES string of the molecule is CC(NC(=O)CN1C(=O)c2cccc3cccc1c23)c1ccco1. The van der Waals surface area contributed by atoms with Crippen LogP contribution < -0.4 is 10.2 Å². The number of furan rings is 1. The first kappa shape index (κ1) is 14.5. The number of nitrogens with one attached hydrogen (secondary N) is 1. The second-order valence-electron chi connectivity index (χ2n) is 5.88. The van der Waals surface area contributed by atoms with Gasteiger partial charge < -0.3 is 9.73 Å². The lowest BCUT2D eigenvalue weighted by molar-refractivity contribution is -0.120. The Labute approximate surface area is 138 Å². The third-order valence-corrected chi connectivity index (χ3v) is 4.30. The Balaban J connectivity index is 1.57. The molecule has 1 aliphatic rings. The first-order valence-corrected chi connectivity index (χ1v) is 7.81. The molecule has 2 heterocycles. The normalized spacial score (nSPS) is 14.2. The van der Waals surface area contributed by atoms with Crippen LogP contribution in [0.15, 0.2) is 59.2 Å². The van der Waals surface area contributed by atoms with E-state index < -0.39 is 0 Å². The van der Waals surface area contributed by atoms with Crippen molar-refractivity contribution < 1.29 is 14.0 Å². The molecule has 24 heavy (non-hydrogen) atoms. The number of anilines is 1. The van der Waals surface area contributed by atoms with Crippen LogP contribution >= 0.6 is 0 Å². The minimum absolute atomic E-state index is 0.0162. The molecule has 5 nitrogen and oxygen atoms in total. The van der Waals surface area contributed by atoms with E-state index in [9.17, 15) is 9.59 Å². The molecule has 1 atom stereocenters. The first-order chi connectivity index (χ1) is 11.6. The topological polar surface area (TPSA) is 62.6 Å². The van der Waals surface area contributed by atoms with E-state index in [1.807, 2.05) is 43.3 Å². The third-order valence-electron chi connectivity index (χ3n) is 4.30. The molecule has 0 saturated carbocycles. The molecule has 2 aromatic carbocycles. The molecule has 2 amide bonds. The molecule has 120 valence electrons. The highest BCUT2D eigenvalue weighted by Gasteiger charge is 2.31. The summed E-state index contributed by atoms with van der Waals surface area (Å²) in [5, 5.41) is 4.78. The summed E-state index contributed by atoms with van der Waals surface area (Å²) in [5.41, 5.74) is 1.43. The molecule has 0 saturated heterocycles. The lowest BCUT2D eigenvalue weighted by Gasteiger charge is -2.19. The number of hydrogen-bond acceptors (Lipinski definition) is 3. The number of carbonyl (C=O) groups excluding carboxylic acids is 2. The molecule has 1 aromatic heterocycles. The summed E-state index contributed by atoms with van der Waals surface area (Å²) in [5.74, 6) is 0.321. The summed E-state index contributed by atoms with van der Waals surface area (Å²) in [6.45, 7) is 1.83. The molecule has 1 N–H and O–H groups in total. The highest BCUT2D eigenvalue weighted by molar-refractivity contribution is 6.26. The molecule has 0 aliphatic carbocycles. The number of carbonyl (C=O) groups is 2. The summed E-state index contributed by atoms with van der Waals surface area (Å²) in [6, 6.07) is 14.7. The van der Waals surface area contributed by atoms with E-state index >= 15 is 0 Å². The van der Waals surface area contributed by atoms with Gasteiger partial charge in [-0.3, -0.25) is 14.5 Å². The van der Waals surface area contributed by atoms with Crippen LogP contribution in [-0.4, -0.2) is 18.4 Å². The fraction of sp³-hybridized carbons (Fsp3) is 0.158. The maximum Gasteiger partial charge on any atom is 0.259 e. The van der Waals surface area contributed by atoms with Crippen molar-refractivity contribution >= 4 is 28.3 Å². The van der Waals surface area contributed by atoms with Gasteiger partial charge in [-0.15, -0.1) is 0 Å². The Morgan fingerprint density at radius 2 is 1.96 bits per heavy atom. The maximum atomic E-state index is 12.7. The predicted molar refractivity (Wildman–Crippen MR) is 90.9 cm³/mol. The maximum absolute atomic E-state index is 12.7. The number of rotatable bonds is 4. The van der Waals surface area contributed by atoms with Crippen LogP contribution in [0.5, 0.6) is 0 Å². The first-order valence-electron chi connectivity index (χ1n) is 7.81. The van der Waals surface area contributed by atoms with E-state index in [0.29, 0.717) is 11.3 Å². The molecular formula is C19H16N2O3. The Morgan fingerprint density at radius 3 is 2.71 bits per heavy atom. The lowest BCUT2D eigenvalue weighted by atomic mass is 10.1. The summed E-state index contributed by atoms with van der Waals surface area (Å²) < 4.78 is 5.29. The predicted octanol–water partition coefficient (Wildman–Crippen LogP) is 3.27. The molecule has 3 aromatic rings. The number of amides is 2. The van der Waals surface area contributed by atoms with E-state index in [4.69, 9.17) is 4.42 Å². The minimum atomic E-state index is -0.247. The van der Waals surface area contributed by atoms with Gasteiger partial charge in [0.25, 0.3) is 5.91 Å². The molecular weight excluding hydrogens is 304 g/mol. The summed E-state index contributed by atoms with van der Waals surface area (Å²) in [7, 11) is 0. The van der Waals surface area contributed by atoms with Crippen LogP contribution in [0.25, 0.3) is 10.8 Å². The summed E-state index contributed by atoms with van der Waals surface area (Å²) in [4.78, 5) is 26.6. The molecule has 0 spiro atoms. The Morgan fingerprint density at radius 1 is 1.17 bits per heavy atom. The van der Waals surface area contributed by atoms with Crippen molar-refractivity contribution in [2.45, 2.75) is 13.0 Å². The second-order valence-corrected chi connectivity index (χ2v) is 5.88. The van der Waals surface area contributed by atoms with Gasteiger partial charge in [-0.25, -0.2) is 0 Å². The second kappa shape index (κ2) is 5.53. The van der Waals surface area contributed by atoms with Crippen LogP contribution in [-0.2, 0) is 4.79 Å². The van der Waals surface area contributed by atoms with E-state index in [-0.39, 0.29) is 24.4 Å². The van der Waals surface area contributed by atoms with E-state index in [2.05, 4.69) is 5.32 Å². The Hall–Kier alpha value is -3.08. The molecule has 0 bridgehead atoms. The van der Waals surface area contributed by atoms with Crippen molar-refractivity contribution in [3.05, 3.63) is 66.1 Å². The smallest absolute Gasteiger partial charge is 0.259 e. The van der Waals surface area contributed by atoms with Crippen molar-refractivity contribution in [2.24, 2.45) is 0 Å². The van der Waals surface area contributed by atoms with Gasteiger partial charge in [0.15, 0.2) is 0 Å². The summed E-state index contributed by atoms with van der Waals surface area (Å²) in [6.07, 6.45) is 1.57. The van der Waals surface area contributed by atoms with Crippen molar-refractivity contribution in [3.63, 3.8) is 0 Å². The molecule has 1 unspecified atom stereocenters. The van der Waals surface area contributed by atoms with Crippen molar-refractivity contribution in [1.29, 1.82) is 0 Å². The summed E-state index contributed by atoms with van der Waals surface area (Å²) >= 11 is 0. The van der Waals surface area contributed by atoms with Crippen LogP contribution in [0.2, 0.25) is 0 Å². The van der Waals surface area contributed by atoms with Gasteiger partial charge in [-0.1, -0.05) is 24.3 Å². The highest BCUT2D eigenvalue weighted by atomic mass is 16.3. The van der Waals surface area contributed by atoms with Crippen molar-refractivity contribution in [3.8, 4) is 0 Å². The highest BCUT2D eigenvalue weighted by Crippen LogP contribution is 2.36. The standard InChI is InChI=1S/C19H16N2O3/c1-12(16-9-4-10-24-16)20-17(22)11-21-15-8-3-6-13-5-2-7-14(18(13)15)19(21)23/h2-10,12H,11H2,1H3,(H,20,22). The van der Waals surface area contributed by atoms with Crippen molar-refractivity contribution in [2.75, 3.05) is 11.4 Å². The van der Waals surface area contributed by atoms with Gasteiger partial charge in [0.2, 0.25) is 5.91 Å². The largest absolute Gasteiger partial charge is 0.467 e. The van der Waals surface area contributed by atoms with Gasteiger partial charge in [0.05, 0.1) is 18.0 Å². The quantitative estimate of drug-likeness (QED) is 0.802. The molecule has 0 radical (unpaired) electrons. The zero-order chi connectivity index (χ0) is 16.7. The average molecular weight is 320 g/mol. The van der Waals surface area contributed by atoms with Crippen LogP contribution in [0.3, 0.4) is 0 Å². The average Bonchev–Trinajstić information content (AvgIpc) is 3.20. The van der Waals surface area contributed by atoms with Gasteiger partial charge >= 0.3 is 0 Å². The fourth-order valence-electron chi connectivity index (χ4n) is 3.18. The molecule has 4 rings (SSSR count). The zero-order valence-corrected chi connectivity index (χ0v) is 13.2. The Kier molecular flexibility index (Phi) is 3.34.